The average molecular weight is 281 g/mol. The van der Waals surface area contributed by atoms with Gasteiger partial charge in [0.15, 0.2) is 0 Å². The number of halogens is 3. The van der Waals surface area contributed by atoms with Crippen LogP contribution in [0.5, 0.6) is 0 Å². The maximum atomic E-state index is 12.9. The van der Waals surface area contributed by atoms with Crippen molar-refractivity contribution in [1.29, 1.82) is 0 Å². The Morgan fingerprint density at radius 1 is 1.10 bits per heavy atom. The number of nitrogens with two attached hydrogens (primary N) is 1. The average Bonchev–Trinajstić information content (AvgIpc) is 2.37. The second-order valence-electron chi connectivity index (χ2n) is 4.15. The second kappa shape index (κ2) is 4.88. The fourth-order valence-corrected chi connectivity index (χ4v) is 1.91. The number of benzene rings is 2. The van der Waals surface area contributed by atoms with Gasteiger partial charge in [-0.3, -0.25) is 0 Å². The topological polar surface area (TPSA) is 63.3 Å². The molecule has 20 heavy (non-hydrogen) atoms. The quantitative estimate of drug-likeness (QED) is 0.826. The highest BCUT2D eigenvalue weighted by Crippen LogP contribution is 2.37. The van der Waals surface area contributed by atoms with E-state index in [9.17, 15) is 18.0 Å². The van der Waals surface area contributed by atoms with Crippen molar-refractivity contribution >= 4 is 11.7 Å². The van der Waals surface area contributed by atoms with Crippen LogP contribution < -0.4 is 5.73 Å². The van der Waals surface area contributed by atoms with Gasteiger partial charge in [0.1, 0.15) is 0 Å². The Balaban J connectivity index is 2.59. The number of anilines is 1. The van der Waals surface area contributed by atoms with Gasteiger partial charge in [-0.05, 0) is 29.3 Å². The first-order valence-corrected chi connectivity index (χ1v) is 5.60. The zero-order valence-corrected chi connectivity index (χ0v) is 10.1. The normalized spacial score (nSPS) is 11.3. The SMILES string of the molecule is Nc1cc(-c2ccccc2C(F)(F)F)ccc1C(=O)O. The zero-order valence-electron chi connectivity index (χ0n) is 10.1. The zero-order chi connectivity index (χ0) is 14.9. The molecule has 0 bridgehead atoms. The molecule has 2 aromatic rings. The molecule has 0 saturated carbocycles. The molecule has 0 aliphatic rings. The van der Waals surface area contributed by atoms with Crippen LogP contribution in [0.1, 0.15) is 15.9 Å². The van der Waals surface area contributed by atoms with E-state index >= 15 is 0 Å². The molecule has 0 amide bonds. The van der Waals surface area contributed by atoms with Gasteiger partial charge in [-0.1, -0.05) is 24.3 Å². The number of hydrogen-bond acceptors (Lipinski definition) is 2. The van der Waals surface area contributed by atoms with Crippen LogP contribution in [0.2, 0.25) is 0 Å². The van der Waals surface area contributed by atoms with Crippen LogP contribution >= 0.6 is 0 Å². The van der Waals surface area contributed by atoms with Gasteiger partial charge in [0, 0.05) is 5.69 Å². The van der Waals surface area contributed by atoms with E-state index in [4.69, 9.17) is 10.8 Å². The summed E-state index contributed by atoms with van der Waals surface area (Å²) >= 11 is 0. The van der Waals surface area contributed by atoms with E-state index in [1.54, 1.807) is 0 Å². The third-order valence-corrected chi connectivity index (χ3v) is 2.83. The molecule has 3 nitrogen and oxygen atoms in total. The lowest BCUT2D eigenvalue weighted by atomic mass is 9.97. The number of rotatable bonds is 2. The molecule has 0 aliphatic heterocycles. The lowest BCUT2D eigenvalue weighted by Gasteiger charge is -2.13. The van der Waals surface area contributed by atoms with Crippen molar-refractivity contribution in [3.05, 3.63) is 53.6 Å². The highest BCUT2D eigenvalue weighted by Gasteiger charge is 2.33. The summed E-state index contributed by atoms with van der Waals surface area (Å²) in [5, 5.41) is 8.85. The fraction of sp³-hybridized carbons (Fsp3) is 0.0714. The fourth-order valence-electron chi connectivity index (χ4n) is 1.91. The minimum absolute atomic E-state index is 0.0383. The van der Waals surface area contributed by atoms with Crippen molar-refractivity contribution in [3.63, 3.8) is 0 Å². The molecule has 2 aromatic carbocycles. The highest BCUT2D eigenvalue weighted by molar-refractivity contribution is 5.94. The molecule has 0 saturated heterocycles. The maximum Gasteiger partial charge on any atom is 0.417 e. The number of alkyl halides is 3. The maximum absolute atomic E-state index is 12.9. The Labute approximate surface area is 112 Å². The molecule has 0 heterocycles. The van der Waals surface area contributed by atoms with Crippen LogP contribution in [0.15, 0.2) is 42.5 Å². The monoisotopic (exact) mass is 281 g/mol. The van der Waals surface area contributed by atoms with Gasteiger partial charge in [-0.25, -0.2) is 4.79 Å². The summed E-state index contributed by atoms with van der Waals surface area (Å²) in [6.07, 6.45) is -4.49. The van der Waals surface area contributed by atoms with Crippen LogP contribution in [0.25, 0.3) is 11.1 Å². The molecule has 0 radical (unpaired) electrons. The number of aromatic carboxylic acids is 1. The van der Waals surface area contributed by atoms with E-state index in [1.165, 1.54) is 36.4 Å². The van der Waals surface area contributed by atoms with Crippen LogP contribution in [-0.4, -0.2) is 11.1 Å². The summed E-state index contributed by atoms with van der Waals surface area (Å²) < 4.78 is 38.8. The van der Waals surface area contributed by atoms with Gasteiger partial charge in [-0.2, -0.15) is 13.2 Å². The summed E-state index contributed by atoms with van der Waals surface area (Å²) in [5.74, 6) is -1.22. The Morgan fingerprint density at radius 2 is 1.75 bits per heavy atom. The number of hydrogen-bond donors (Lipinski definition) is 2. The largest absolute Gasteiger partial charge is 0.478 e. The first-order chi connectivity index (χ1) is 9.30. The molecular weight excluding hydrogens is 271 g/mol. The van der Waals surface area contributed by atoms with Crippen LogP contribution in [-0.2, 0) is 6.18 Å². The number of nitrogen functional groups attached to an aromatic ring is 1. The van der Waals surface area contributed by atoms with Crippen molar-refractivity contribution in [2.75, 3.05) is 5.73 Å². The lowest BCUT2D eigenvalue weighted by molar-refractivity contribution is -0.137. The predicted octanol–water partition coefficient (Wildman–Crippen LogP) is 3.65. The molecule has 0 aliphatic carbocycles. The van der Waals surface area contributed by atoms with Gasteiger partial charge in [0.2, 0.25) is 0 Å². The molecule has 6 heteroatoms. The Kier molecular flexibility index (Phi) is 3.40. The Bertz CT molecular complexity index is 666. The first-order valence-electron chi connectivity index (χ1n) is 5.60. The van der Waals surface area contributed by atoms with Gasteiger partial charge in [-0.15, -0.1) is 0 Å². The molecule has 0 unspecified atom stereocenters. The van der Waals surface area contributed by atoms with Crippen molar-refractivity contribution in [2.24, 2.45) is 0 Å². The Morgan fingerprint density at radius 3 is 2.30 bits per heavy atom. The Hall–Kier alpha value is -2.50. The van der Waals surface area contributed by atoms with Crippen LogP contribution in [0.4, 0.5) is 18.9 Å². The first kappa shape index (κ1) is 13.9. The third-order valence-electron chi connectivity index (χ3n) is 2.83. The minimum atomic E-state index is -4.49. The summed E-state index contributed by atoms with van der Waals surface area (Å²) in [6.45, 7) is 0. The second-order valence-corrected chi connectivity index (χ2v) is 4.15. The van der Waals surface area contributed by atoms with E-state index in [-0.39, 0.29) is 22.4 Å². The lowest BCUT2D eigenvalue weighted by Crippen LogP contribution is -2.07. The molecule has 3 N–H and O–H groups in total. The molecule has 0 aromatic heterocycles. The number of carbonyl (C=O) groups is 1. The van der Waals surface area contributed by atoms with Crippen LogP contribution in [0.3, 0.4) is 0 Å². The smallest absolute Gasteiger partial charge is 0.417 e. The van der Waals surface area contributed by atoms with Gasteiger partial charge in [0.25, 0.3) is 0 Å². The standard InChI is InChI=1S/C14H10F3NO2/c15-14(16,17)11-4-2-1-3-9(11)8-5-6-10(13(19)20)12(18)7-8/h1-7H,18H2,(H,19,20). The third kappa shape index (κ3) is 2.59. The van der Waals surface area contributed by atoms with Gasteiger partial charge >= 0.3 is 12.1 Å². The van der Waals surface area contributed by atoms with Gasteiger partial charge in [0.05, 0.1) is 11.1 Å². The van der Waals surface area contributed by atoms with Crippen molar-refractivity contribution in [1.82, 2.24) is 0 Å². The van der Waals surface area contributed by atoms with Crippen molar-refractivity contribution in [2.45, 2.75) is 6.18 Å². The molecule has 0 atom stereocenters. The molecule has 0 spiro atoms. The van der Waals surface area contributed by atoms with Crippen molar-refractivity contribution < 1.29 is 23.1 Å². The predicted molar refractivity (Wildman–Crippen MR) is 68.3 cm³/mol. The van der Waals surface area contributed by atoms with E-state index in [2.05, 4.69) is 0 Å². The molecule has 0 fully saturated rings. The van der Waals surface area contributed by atoms with Gasteiger partial charge < -0.3 is 10.8 Å². The highest BCUT2D eigenvalue weighted by atomic mass is 19.4. The van der Waals surface area contributed by atoms with Crippen molar-refractivity contribution in [3.8, 4) is 11.1 Å². The van der Waals surface area contributed by atoms with Crippen LogP contribution in [0, 0.1) is 0 Å². The summed E-state index contributed by atoms with van der Waals surface area (Å²) in [5.41, 5.74) is 4.73. The van der Waals surface area contributed by atoms with E-state index in [0.717, 1.165) is 6.07 Å². The minimum Gasteiger partial charge on any atom is -0.478 e. The molecule has 2 rings (SSSR count). The summed E-state index contributed by atoms with van der Waals surface area (Å²) in [4.78, 5) is 10.8. The molecular formula is C14H10F3NO2. The summed E-state index contributed by atoms with van der Waals surface area (Å²) in [6, 6.07) is 8.79. The number of carboxylic acids is 1. The van der Waals surface area contributed by atoms with E-state index < -0.39 is 17.7 Å². The van der Waals surface area contributed by atoms with E-state index in [1.807, 2.05) is 0 Å². The van der Waals surface area contributed by atoms with E-state index in [0.29, 0.717) is 0 Å². The molecule has 104 valence electrons. The summed E-state index contributed by atoms with van der Waals surface area (Å²) in [7, 11) is 0. The number of carboxylic acid groups (broad SMARTS) is 1.